The minimum Gasteiger partial charge on any atom is -0.423 e. The summed E-state index contributed by atoms with van der Waals surface area (Å²) in [6, 6.07) is 5.22. The van der Waals surface area contributed by atoms with Gasteiger partial charge in [-0.05, 0) is 43.9 Å². The molecule has 22 heavy (non-hydrogen) atoms. The van der Waals surface area contributed by atoms with E-state index in [-0.39, 0.29) is 5.91 Å². The van der Waals surface area contributed by atoms with Crippen LogP contribution in [0.25, 0.3) is 0 Å². The normalized spacial score (nSPS) is 14.1. The number of aromatic amines is 1. The molecule has 3 N–H and O–H groups in total. The molecule has 0 aliphatic carbocycles. The molecule has 0 fully saturated rings. The summed E-state index contributed by atoms with van der Waals surface area (Å²) in [4.78, 5) is 19.9. The van der Waals surface area contributed by atoms with Crippen molar-refractivity contribution in [3.05, 3.63) is 47.0 Å². The number of imidazole rings is 1. The van der Waals surface area contributed by atoms with Crippen LogP contribution in [0.5, 0.6) is 0 Å². The molecule has 0 radical (unpaired) electrons. The lowest BCUT2D eigenvalue weighted by molar-refractivity contribution is 0.0909. The molecular formula is C15H18BN3O3. The molecule has 1 aliphatic rings. The number of rotatable bonds is 3. The number of amides is 1. The Labute approximate surface area is 129 Å². The van der Waals surface area contributed by atoms with Crippen molar-refractivity contribution in [3.8, 4) is 0 Å². The molecule has 2 aromatic rings. The van der Waals surface area contributed by atoms with E-state index in [0.717, 1.165) is 11.3 Å². The van der Waals surface area contributed by atoms with Crippen LogP contribution in [0, 0.1) is 6.92 Å². The molecule has 0 spiro atoms. The van der Waals surface area contributed by atoms with Crippen LogP contribution in [0.1, 0.15) is 41.3 Å². The summed E-state index contributed by atoms with van der Waals surface area (Å²) in [6.07, 6.45) is 1.73. The van der Waals surface area contributed by atoms with Crippen LogP contribution < -0.4 is 10.8 Å². The van der Waals surface area contributed by atoms with Crippen molar-refractivity contribution in [3.63, 3.8) is 0 Å². The number of aromatic nitrogens is 2. The van der Waals surface area contributed by atoms with E-state index < -0.39 is 12.7 Å². The lowest BCUT2D eigenvalue weighted by atomic mass is 9.78. The second kappa shape index (κ2) is 5.26. The molecule has 0 unspecified atom stereocenters. The first-order chi connectivity index (χ1) is 10.4. The minimum atomic E-state index is -0.955. The monoisotopic (exact) mass is 299 g/mol. The molecule has 114 valence electrons. The van der Waals surface area contributed by atoms with Crippen molar-refractivity contribution < 1.29 is 14.5 Å². The molecule has 2 heterocycles. The molecule has 1 amide bonds. The van der Waals surface area contributed by atoms with Crippen LogP contribution in [0.3, 0.4) is 0 Å². The average molecular weight is 299 g/mol. The highest BCUT2D eigenvalue weighted by Crippen LogP contribution is 2.18. The molecule has 6 nitrogen and oxygen atoms in total. The summed E-state index contributed by atoms with van der Waals surface area (Å²) < 4.78 is 5.14. The van der Waals surface area contributed by atoms with Crippen molar-refractivity contribution in [1.82, 2.24) is 15.3 Å². The molecule has 1 aromatic carbocycles. The van der Waals surface area contributed by atoms with E-state index in [1.165, 1.54) is 0 Å². The Morgan fingerprint density at radius 1 is 1.50 bits per heavy atom. The van der Waals surface area contributed by atoms with E-state index in [1.54, 1.807) is 18.3 Å². The van der Waals surface area contributed by atoms with E-state index in [9.17, 15) is 9.82 Å². The SMILES string of the molecule is Cc1cnc(C(C)(C)NC(=O)c2ccc3c(c2)B(O)OC3)[nH]1. The van der Waals surface area contributed by atoms with E-state index in [1.807, 2.05) is 26.8 Å². The standard InChI is InChI=1S/C15H18BN3O3/c1-9-7-17-14(18-9)15(2,3)19-13(20)10-4-5-11-8-22-16(21)12(11)6-10/h4-7,21H,8H2,1-3H3,(H,17,18)(H,19,20). The number of carbonyl (C=O) groups excluding carboxylic acids is 1. The first-order valence-electron chi connectivity index (χ1n) is 7.14. The largest absolute Gasteiger partial charge is 0.491 e. The zero-order valence-electron chi connectivity index (χ0n) is 12.8. The Bertz CT molecular complexity index is 727. The number of hydrogen-bond donors (Lipinski definition) is 3. The number of nitrogens with one attached hydrogen (secondary N) is 2. The fourth-order valence-electron chi connectivity index (χ4n) is 2.50. The third kappa shape index (κ3) is 2.65. The van der Waals surface area contributed by atoms with Gasteiger partial charge in [0.1, 0.15) is 5.82 Å². The second-order valence-electron chi connectivity index (χ2n) is 6.07. The molecule has 0 saturated carbocycles. The molecule has 1 aliphatic heterocycles. The van der Waals surface area contributed by atoms with Crippen molar-refractivity contribution >= 4 is 18.5 Å². The number of carbonyl (C=O) groups is 1. The predicted molar refractivity (Wildman–Crippen MR) is 82.7 cm³/mol. The summed E-state index contributed by atoms with van der Waals surface area (Å²) in [5.41, 5.74) is 2.36. The molecule has 7 heteroatoms. The van der Waals surface area contributed by atoms with E-state index in [2.05, 4.69) is 15.3 Å². The first kappa shape index (κ1) is 14.8. The molecule has 0 bridgehead atoms. The van der Waals surface area contributed by atoms with Crippen molar-refractivity contribution in [1.29, 1.82) is 0 Å². The second-order valence-corrected chi connectivity index (χ2v) is 6.07. The van der Waals surface area contributed by atoms with Crippen LogP contribution in [-0.2, 0) is 16.8 Å². The highest BCUT2D eigenvalue weighted by Gasteiger charge is 2.30. The van der Waals surface area contributed by atoms with Gasteiger partial charge in [-0.1, -0.05) is 6.07 Å². The summed E-state index contributed by atoms with van der Waals surface area (Å²) in [6.45, 7) is 6.05. The van der Waals surface area contributed by atoms with E-state index >= 15 is 0 Å². The van der Waals surface area contributed by atoms with Gasteiger partial charge in [0.15, 0.2) is 0 Å². The van der Waals surface area contributed by atoms with Crippen molar-refractivity contribution in [2.45, 2.75) is 32.9 Å². The molecule has 0 saturated heterocycles. The van der Waals surface area contributed by atoms with Crippen LogP contribution in [-0.4, -0.2) is 28.0 Å². The highest BCUT2D eigenvalue weighted by atomic mass is 16.5. The fourth-order valence-corrected chi connectivity index (χ4v) is 2.50. The van der Waals surface area contributed by atoms with Gasteiger partial charge in [-0.15, -0.1) is 0 Å². The molecule has 3 rings (SSSR count). The lowest BCUT2D eigenvalue weighted by Gasteiger charge is -2.24. The maximum absolute atomic E-state index is 12.5. The van der Waals surface area contributed by atoms with Gasteiger partial charge in [-0.25, -0.2) is 4.98 Å². The van der Waals surface area contributed by atoms with Gasteiger partial charge in [0, 0.05) is 17.5 Å². The number of fused-ring (bicyclic) bond motifs is 1. The predicted octanol–water partition coefficient (Wildman–Crippen LogP) is 0.601. The lowest BCUT2D eigenvalue weighted by Crippen LogP contribution is -2.42. The number of nitrogens with zero attached hydrogens (tertiary/aromatic N) is 1. The molecular weight excluding hydrogens is 281 g/mol. The molecule has 0 atom stereocenters. The smallest absolute Gasteiger partial charge is 0.423 e. The van der Waals surface area contributed by atoms with Crippen LogP contribution in [0.4, 0.5) is 0 Å². The summed E-state index contributed by atoms with van der Waals surface area (Å²) in [5, 5.41) is 12.7. The Morgan fingerprint density at radius 2 is 2.27 bits per heavy atom. The Morgan fingerprint density at radius 3 is 2.95 bits per heavy atom. The third-order valence-corrected chi connectivity index (χ3v) is 3.79. The van der Waals surface area contributed by atoms with Crippen LogP contribution in [0.15, 0.2) is 24.4 Å². The first-order valence-corrected chi connectivity index (χ1v) is 7.14. The van der Waals surface area contributed by atoms with Crippen LogP contribution >= 0.6 is 0 Å². The van der Waals surface area contributed by atoms with Gasteiger partial charge in [0.05, 0.1) is 12.1 Å². The van der Waals surface area contributed by atoms with Gasteiger partial charge in [-0.3, -0.25) is 4.79 Å². The quantitative estimate of drug-likeness (QED) is 0.724. The fraction of sp³-hybridized carbons (Fsp3) is 0.333. The number of benzene rings is 1. The van der Waals surface area contributed by atoms with Gasteiger partial charge < -0.3 is 20.0 Å². The van der Waals surface area contributed by atoms with E-state index in [4.69, 9.17) is 4.65 Å². The number of hydrogen-bond acceptors (Lipinski definition) is 4. The zero-order chi connectivity index (χ0) is 15.9. The molecule has 1 aromatic heterocycles. The number of H-pyrrole nitrogens is 1. The Hall–Kier alpha value is -2.12. The maximum atomic E-state index is 12.5. The van der Waals surface area contributed by atoms with Crippen molar-refractivity contribution in [2.24, 2.45) is 0 Å². The highest BCUT2D eigenvalue weighted by molar-refractivity contribution is 6.61. The van der Waals surface area contributed by atoms with Crippen molar-refractivity contribution in [2.75, 3.05) is 0 Å². The van der Waals surface area contributed by atoms with Gasteiger partial charge in [-0.2, -0.15) is 0 Å². The topological polar surface area (TPSA) is 87.2 Å². The minimum absolute atomic E-state index is 0.221. The number of aryl methyl sites for hydroxylation is 1. The zero-order valence-corrected chi connectivity index (χ0v) is 12.8. The summed E-state index contributed by atoms with van der Waals surface area (Å²) in [7, 11) is -0.955. The van der Waals surface area contributed by atoms with Gasteiger partial charge in [0.25, 0.3) is 5.91 Å². The third-order valence-electron chi connectivity index (χ3n) is 3.79. The Kier molecular flexibility index (Phi) is 3.54. The van der Waals surface area contributed by atoms with E-state index in [0.29, 0.717) is 23.5 Å². The van der Waals surface area contributed by atoms with Gasteiger partial charge in [0.2, 0.25) is 0 Å². The average Bonchev–Trinajstić information content (AvgIpc) is 3.05. The van der Waals surface area contributed by atoms with Gasteiger partial charge >= 0.3 is 7.12 Å². The Balaban J connectivity index is 1.81. The maximum Gasteiger partial charge on any atom is 0.491 e. The van der Waals surface area contributed by atoms with Crippen LogP contribution in [0.2, 0.25) is 0 Å². The summed E-state index contributed by atoms with van der Waals surface area (Å²) >= 11 is 0. The summed E-state index contributed by atoms with van der Waals surface area (Å²) in [5.74, 6) is 0.476.